The van der Waals surface area contributed by atoms with Crippen molar-refractivity contribution in [1.29, 1.82) is 0 Å². The summed E-state index contributed by atoms with van der Waals surface area (Å²) in [6, 6.07) is 0. The van der Waals surface area contributed by atoms with E-state index in [0.29, 0.717) is 16.7 Å². The molecule has 1 heteroatoms. The van der Waals surface area contributed by atoms with Gasteiger partial charge in [0.1, 0.15) is 0 Å². The largest absolute Gasteiger partial charge is 0.393 e. The van der Waals surface area contributed by atoms with E-state index in [0.717, 1.165) is 48.9 Å². The molecule has 3 fully saturated rings. The first-order valence-electron chi connectivity index (χ1n) is 13.3. The molecule has 30 heavy (non-hydrogen) atoms. The Hall–Kier alpha value is -0.560. The maximum Gasteiger partial charge on any atom is 0.0577 e. The van der Waals surface area contributed by atoms with E-state index < -0.39 is 0 Å². The minimum absolute atomic E-state index is 0.0855. The van der Waals surface area contributed by atoms with Gasteiger partial charge in [0.05, 0.1) is 6.10 Å². The average Bonchev–Trinajstić information content (AvgIpc) is 3.09. The fourth-order valence-corrected chi connectivity index (χ4v) is 8.88. The first kappa shape index (κ1) is 22.6. The van der Waals surface area contributed by atoms with Crippen LogP contribution in [-0.2, 0) is 0 Å². The van der Waals surface area contributed by atoms with Gasteiger partial charge in [0, 0.05) is 0 Å². The maximum absolute atomic E-state index is 10.2. The van der Waals surface area contributed by atoms with Crippen LogP contribution in [0, 0.1) is 46.3 Å². The molecular formula is C29H48O. The van der Waals surface area contributed by atoms with E-state index >= 15 is 0 Å². The molecule has 4 aliphatic rings. The van der Waals surface area contributed by atoms with Gasteiger partial charge in [0.2, 0.25) is 0 Å². The third-order valence-electron chi connectivity index (χ3n) is 11.0. The second-order valence-corrected chi connectivity index (χ2v) is 12.4. The molecule has 170 valence electrons. The monoisotopic (exact) mass is 412 g/mol. The number of fused-ring (bicyclic) bond motifs is 5. The van der Waals surface area contributed by atoms with E-state index in [4.69, 9.17) is 0 Å². The molecule has 1 N–H and O–H groups in total. The van der Waals surface area contributed by atoms with Crippen molar-refractivity contribution < 1.29 is 5.11 Å². The fraction of sp³-hybridized carbons (Fsp3) is 0.862. The topological polar surface area (TPSA) is 20.2 Å². The highest BCUT2D eigenvalue weighted by molar-refractivity contribution is 5.25. The highest BCUT2D eigenvalue weighted by atomic mass is 16.3. The molecule has 4 rings (SSSR count). The van der Waals surface area contributed by atoms with Crippen molar-refractivity contribution in [2.45, 2.75) is 111 Å². The lowest BCUT2D eigenvalue weighted by Crippen LogP contribution is -2.50. The smallest absolute Gasteiger partial charge is 0.0577 e. The van der Waals surface area contributed by atoms with E-state index in [9.17, 15) is 5.11 Å². The molecule has 0 saturated heterocycles. The van der Waals surface area contributed by atoms with Crippen LogP contribution in [0.5, 0.6) is 0 Å². The van der Waals surface area contributed by atoms with E-state index in [1.165, 1.54) is 56.9 Å². The zero-order valence-corrected chi connectivity index (χ0v) is 20.6. The van der Waals surface area contributed by atoms with Crippen LogP contribution in [0.2, 0.25) is 0 Å². The van der Waals surface area contributed by atoms with E-state index in [1.807, 2.05) is 0 Å². The Kier molecular flexibility index (Phi) is 6.35. The summed E-state index contributed by atoms with van der Waals surface area (Å²) in [5.74, 6) is 5.12. The predicted octanol–water partition coefficient (Wildman–Crippen LogP) is 7.94. The van der Waals surface area contributed by atoms with Gasteiger partial charge < -0.3 is 5.11 Å². The Morgan fingerprint density at radius 3 is 2.60 bits per heavy atom. The normalized spacial score (nSPS) is 45.0. The molecule has 0 heterocycles. The number of rotatable bonds is 6. The number of aliphatic hydroxyl groups is 1. The van der Waals surface area contributed by atoms with Crippen LogP contribution in [0.25, 0.3) is 0 Å². The van der Waals surface area contributed by atoms with Gasteiger partial charge in [-0.05, 0) is 117 Å². The van der Waals surface area contributed by atoms with Crippen molar-refractivity contribution in [2.75, 3.05) is 0 Å². The molecule has 0 radical (unpaired) electrons. The highest BCUT2D eigenvalue weighted by Crippen LogP contribution is 2.67. The standard InChI is InChI=1S/C29H48O/c1-7-19(2)20(3)8-9-21(4)25-12-13-26-24-11-10-22-18-23(30)14-16-28(22,5)27(24)15-17-29(25,26)6/h10,20-21,23-27,30H,2,7-9,11-18H2,1,3-6H3/t20-,21-,23+,24?,25?,26?,27?,28?,29?/m1/s1. The average molecular weight is 413 g/mol. The minimum atomic E-state index is -0.0855. The van der Waals surface area contributed by atoms with Gasteiger partial charge in [-0.25, -0.2) is 0 Å². The molecule has 3 saturated carbocycles. The maximum atomic E-state index is 10.2. The lowest BCUT2D eigenvalue weighted by Gasteiger charge is -2.58. The molecule has 0 amide bonds. The summed E-state index contributed by atoms with van der Waals surface area (Å²) >= 11 is 0. The fourth-order valence-electron chi connectivity index (χ4n) is 8.88. The molecule has 1 nitrogen and oxygen atoms in total. The number of allylic oxidation sites excluding steroid dienone is 2. The van der Waals surface area contributed by atoms with Crippen LogP contribution in [0.15, 0.2) is 23.8 Å². The first-order chi connectivity index (χ1) is 14.2. The molecule has 4 aliphatic carbocycles. The number of hydrogen-bond donors (Lipinski definition) is 1. The van der Waals surface area contributed by atoms with Gasteiger partial charge in [-0.1, -0.05) is 58.4 Å². The molecule has 9 atom stereocenters. The van der Waals surface area contributed by atoms with Gasteiger partial charge in [-0.3, -0.25) is 0 Å². The van der Waals surface area contributed by atoms with E-state index in [-0.39, 0.29) is 6.10 Å². The second-order valence-electron chi connectivity index (χ2n) is 12.4. The lowest BCUT2D eigenvalue weighted by molar-refractivity contribution is -0.0573. The lowest BCUT2D eigenvalue weighted by atomic mass is 9.47. The van der Waals surface area contributed by atoms with Gasteiger partial charge in [-0.15, -0.1) is 0 Å². The van der Waals surface area contributed by atoms with Crippen LogP contribution >= 0.6 is 0 Å². The van der Waals surface area contributed by atoms with Crippen LogP contribution in [-0.4, -0.2) is 11.2 Å². The zero-order valence-electron chi connectivity index (χ0n) is 20.6. The minimum Gasteiger partial charge on any atom is -0.393 e. The highest BCUT2D eigenvalue weighted by Gasteiger charge is 2.59. The molecule has 0 aromatic rings. The van der Waals surface area contributed by atoms with Crippen LogP contribution < -0.4 is 0 Å². The summed E-state index contributed by atoms with van der Waals surface area (Å²) in [4.78, 5) is 0. The number of aliphatic hydroxyl groups excluding tert-OH is 1. The summed E-state index contributed by atoms with van der Waals surface area (Å²) in [5.41, 5.74) is 3.98. The summed E-state index contributed by atoms with van der Waals surface area (Å²) in [7, 11) is 0. The Balaban J connectivity index is 1.47. The van der Waals surface area contributed by atoms with Crippen molar-refractivity contribution in [3.63, 3.8) is 0 Å². The Bertz CT molecular complexity index is 676. The predicted molar refractivity (Wildman–Crippen MR) is 128 cm³/mol. The van der Waals surface area contributed by atoms with Crippen molar-refractivity contribution in [1.82, 2.24) is 0 Å². The van der Waals surface area contributed by atoms with E-state index in [1.54, 1.807) is 5.57 Å². The van der Waals surface area contributed by atoms with E-state index in [2.05, 4.69) is 47.3 Å². The quantitative estimate of drug-likeness (QED) is 0.439. The molecule has 0 bridgehead atoms. The summed E-state index contributed by atoms with van der Waals surface area (Å²) in [5, 5.41) is 10.2. The number of hydrogen-bond acceptors (Lipinski definition) is 1. The summed E-state index contributed by atoms with van der Waals surface area (Å²) < 4.78 is 0. The van der Waals surface area contributed by atoms with Gasteiger partial charge >= 0.3 is 0 Å². The molecule has 6 unspecified atom stereocenters. The van der Waals surface area contributed by atoms with Crippen molar-refractivity contribution in [3.8, 4) is 0 Å². The summed E-state index contributed by atoms with van der Waals surface area (Å²) in [6.07, 6.45) is 16.6. The molecule has 0 aromatic carbocycles. The third-order valence-corrected chi connectivity index (χ3v) is 11.0. The van der Waals surface area contributed by atoms with Crippen LogP contribution in [0.1, 0.15) is 105 Å². The van der Waals surface area contributed by atoms with Crippen molar-refractivity contribution in [3.05, 3.63) is 23.8 Å². The first-order valence-corrected chi connectivity index (χ1v) is 13.3. The zero-order chi connectivity index (χ0) is 21.7. The van der Waals surface area contributed by atoms with Gasteiger partial charge in [-0.2, -0.15) is 0 Å². The Morgan fingerprint density at radius 2 is 1.87 bits per heavy atom. The van der Waals surface area contributed by atoms with Gasteiger partial charge in [0.25, 0.3) is 0 Å². The second kappa shape index (κ2) is 8.42. The van der Waals surface area contributed by atoms with Crippen molar-refractivity contribution in [2.24, 2.45) is 46.3 Å². The van der Waals surface area contributed by atoms with Crippen LogP contribution in [0.4, 0.5) is 0 Å². The van der Waals surface area contributed by atoms with Gasteiger partial charge in [0.15, 0.2) is 0 Å². The summed E-state index contributed by atoms with van der Waals surface area (Å²) in [6.45, 7) is 16.7. The molecule has 0 spiro atoms. The SMILES string of the molecule is C=C(CC)[C@H](C)CC[C@@H](C)C1CCC2C3CC=C4C[C@@H](O)CCC4(C)C3CCC21C. The third kappa shape index (κ3) is 3.66. The van der Waals surface area contributed by atoms with Crippen LogP contribution in [0.3, 0.4) is 0 Å². The Labute approximate surface area is 186 Å². The molecule has 0 aromatic heterocycles. The van der Waals surface area contributed by atoms with Crippen molar-refractivity contribution >= 4 is 0 Å². The Morgan fingerprint density at radius 1 is 1.10 bits per heavy atom. The molecular weight excluding hydrogens is 364 g/mol. The molecule has 0 aliphatic heterocycles.